The van der Waals surface area contributed by atoms with Crippen LogP contribution in [-0.4, -0.2) is 21.3 Å². The molecule has 1 aliphatic carbocycles. The van der Waals surface area contributed by atoms with Crippen LogP contribution in [0.25, 0.3) is 0 Å². The predicted octanol–water partition coefficient (Wildman–Crippen LogP) is 2.38. The van der Waals surface area contributed by atoms with Crippen LogP contribution in [0.4, 0.5) is 0 Å². The maximum atomic E-state index is 4.14. The van der Waals surface area contributed by atoms with Gasteiger partial charge in [-0.15, -0.1) is 10.2 Å². The zero-order valence-corrected chi connectivity index (χ0v) is 11.7. The summed E-state index contributed by atoms with van der Waals surface area (Å²) in [6.07, 6.45) is 6.74. The molecule has 0 aromatic carbocycles. The Bertz CT molecular complexity index is 408. The second-order valence-electron chi connectivity index (χ2n) is 5.27. The normalized spacial score (nSPS) is 24.1. The van der Waals surface area contributed by atoms with Crippen molar-refractivity contribution in [1.82, 2.24) is 20.1 Å². The van der Waals surface area contributed by atoms with Crippen LogP contribution in [0.2, 0.25) is 0 Å². The molecule has 1 aliphatic rings. The van der Waals surface area contributed by atoms with Gasteiger partial charge in [0, 0.05) is 13.1 Å². The Hall–Kier alpha value is -1.16. The van der Waals surface area contributed by atoms with Gasteiger partial charge in [0.15, 0.2) is 0 Å². The summed E-state index contributed by atoms with van der Waals surface area (Å²) in [6.45, 7) is 9.52. The molecule has 0 bridgehead atoms. The highest BCUT2D eigenvalue weighted by atomic mass is 15.3. The van der Waals surface area contributed by atoms with Crippen LogP contribution in [0.1, 0.15) is 39.4 Å². The molecule has 0 radical (unpaired) electrons. The lowest BCUT2D eigenvalue weighted by Crippen LogP contribution is -2.30. The first-order valence-electron chi connectivity index (χ1n) is 6.96. The Morgan fingerprint density at radius 1 is 1.50 bits per heavy atom. The van der Waals surface area contributed by atoms with E-state index < -0.39 is 0 Å². The van der Waals surface area contributed by atoms with E-state index in [1.807, 2.05) is 0 Å². The fourth-order valence-electron chi connectivity index (χ4n) is 2.76. The molecule has 2 rings (SSSR count). The minimum absolute atomic E-state index is 0.678. The molecule has 0 amide bonds. The van der Waals surface area contributed by atoms with Crippen LogP contribution >= 0.6 is 0 Å². The molecule has 100 valence electrons. The first-order valence-corrected chi connectivity index (χ1v) is 6.96. The minimum Gasteiger partial charge on any atom is -0.317 e. The van der Waals surface area contributed by atoms with E-state index in [4.69, 9.17) is 0 Å². The first kappa shape index (κ1) is 13.3. The summed E-state index contributed by atoms with van der Waals surface area (Å²) in [7, 11) is 0. The molecular weight excluding hydrogens is 224 g/mol. The van der Waals surface area contributed by atoms with Gasteiger partial charge in [0.1, 0.15) is 12.2 Å². The minimum atomic E-state index is 0.678. The highest BCUT2D eigenvalue weighted by Gasteiger charge is 2.21. The van der Waals surface area contributed by atoms with E-state index in [9.17, 15) is 0 Å². The van der Waals surface area contributed by atoms with Crippen LogP contribution in [-0.2, 0) is 13.1 Å². The molecule has 18 heavy (non-hydrogen) atoms. The van der Waals surface area contributed by atoms with E-state index in [0.717, 1.165) is 31.4 Å². The topological polar surface area (TPSA) is 42.7 Å². The van der Waals surface area contributed by atoms with Crippen LogP contribution in [0, 0.1) is 11.8 Å². The molecule has 1 aromatic rings. The van der Waals surface area contributed by atoms with Crippen molar-refractivity contribution in [2.75, 3.05) is 6.54 Å². The summed E-state index contributed by atoms with van der Waals surface area (Å²) in [4.78, 5) is 0. The standard InChI is InChI=1S/C14H24N4/c1-4-18-10-16-17-14(18)9-15-8-13-11(2)6-5-7-12(13)3/h6,10,12-13,15H,4-5,7-9H2,1-3H3. The van der Waals surface area contributed by atoms with Gasteiger partial charge in [0.05, 0.1) is 6.54 Å². The van der Waals surface area contributed by atoms with Crippen LogP contribution in [0.5, 0.6) is 0 Å². The third-order valence-corrected chi connectivity index (χ3v) is 4.04. The monoisotopic (exact) mass is 248 g/mol. The molecule has 1 aromatic heterocycles. The van der Waals surface area contributed by atoms with Gasteiger partial charge in [-0.2, -0.15) is 0 Å². The van der Waals surface area contributed by atoms with Gasteiger partial charge in [-0.25, -0.2) is 0 Å². The average molecular weight is 248 g/mol. The summed E-state index contributed by atoms with van der Waals surface area (Å²) >= 11 is 0. The lowest BCUT2D eigenvalue weighted by molar-refractivity contribution is 0.348. The van der Waals surface area contributed by atoms with Crippen molar-refractivity contribution in [3.05, 3.63) is 23.8 Å². The molecule has 0 aliphatic heterocycles. The quantitative estimate of drug-likeness (QED) is 0.814. The molecule has 0 fully saturated rings. The van der Waals surface area contributed by atoms with Gasteiger partial charge in [-0.05, 0) is 38.5 Å². The number of rotatable bonds is 5. The Labute approximate surface area is 109 Å². The molecule has 1 heterocycles. The lowest BCUT2D eigenvalue weighted by atomic mass is 9.80. The van der Waals surface area contributed by atoms with Gasteiger partial charge in [-0.3, -0.25) is 0 Å². The molecule has 4 heteroatoms. The SMILES string of the molecule is CCn1cnnc1CNCC1C(C)=CCCC1C. The van der Waals surface area contributed by atoms with E-state index >= 15 is 0 Å². The number of hydrogen-bond acceptors (Lipinski definition) is 3. The smallest absolute Gasteiger partial charge is 0.146 e. The highest BCUT2D eigenvalue weighted by Crippen LogP contribution is 2.29. The number of hydrogen-bond donors (Lipinski definition) is 1. The van der Waals surface area contributed by atoms with Crippen LogP contribution in [0.15, 0.2) is 18.0 Å². The van der Waals surface area contributed by atoms with Crippen LogP contribution in [0.3, 0.4) is 0 Å². The first-order chi connectivity index (χ1) is 8.72. The number of aromatic nitrogens is 3. The lowest BCUT2D eigenvalue weighted by Gasteiger charge is -2.28. The molecule has 4 nitrogen and oxygen atoms in total. The Morgan fingerprint density at radius 3 is 3.06 bits per heavy atom. The summed E-state index contributed by atoms with van der Waals surface area (Å²) in [5, 5.41) is 11.6. The molecule has 2 atom stereocenters. The predicted molar refractivity (Wildman–Crippen MR) is 73.0 cm³/mol. The maximum absolute atomic E-state index is 4.14. The van der Waals surface area contributed by atoms with E-state index in [1.165, 1.54) is 12.8 Å². The summed E-state index contributed by atoms with van der Waals surface area (Å²) in [5.41, 5.74) is 1.54. The van der Waals surface area contributed by atoms with Gasteiger partial charge in [0.2, 0.25) is 0 Å². The molecule has 2 unspecified atom stereocenters. The van der Waals surface area contributed by atoms with Gasteiger partial charge >= 0.3 is 0 Å². The van der Waals surface area contributed by atoms with Gasteiger partial charge in [0.25, 0.3) is 0 Å². The molecule has 1 N–H and O–H groups in total. The molecular formula is C14H24N4. The molecule has 0 saturated carbocycles. The zero-order valence-electron chi connectivity index (χ0n) is 11.7. The van der Waals surface area contributed by atoms with E-state index in [-0.39, 0.29) is 0 Å². The van der Waals surface area contributed by atoms with E-state index in [2.05, 4.69) is 46.9 Å². The molecule has 0 saturated heterocycles. The highest BCUT2D eigenvalue weighted by molar-refractivity contribution is 5.09. The fraction of sp³-hybridized carbons (Fsp3) is 0.714. The van der Waals surface area contributed by atoms with Crippen molar-refractivity contribution < 1.29 is 0 Å². The number of aryl methyl sites for hydroxylation is 1. The summed E-state index contributed by atoms with van der Waals surface area (Å²) in [6, 6.07) is 0. The van der Waals surface area contributed by atoms with E-state index in [1.54, 1.807) is 11.9 Å². The largest absolute Gasteiger partial charge is 0.317 e. The van der Waals surface area contributed by atoms with E-state index in [0.29, 0.717) is 5.92 Å². The Morgan fingerprint density at radius 2 is 2.33 bits per heavy atom. The third-order valence-electron chi connectivity index (χ3n) is 4.04. The number of allylic oxidation sites excluding steroid dienone is 1. The Balaban J connectivity index is 1.85. The number of nitrogens with one attached hydrogen (secondary N) is 1. The van der Waals surface area contributed by atoms with Crippen molar-refractivity contribution in [1.29, 1.82) is 0 Å². The van der Waals surface area contributed by atoms with Crippen molar-refractivity contribution in [2.45, 2.75) is 46.7 Å². The van der Waals surface area contributed by atoms with Crippen LogP contribution < -0.4 is 5.32 Å². The van der Waals surface area contributed by atoms with Gasteiger partial charge in [-0.1, -0.05) is 18.6 Å². The third kappa shape index (κ3) is 2.99. The summed E-state index contributed by atoms with van der Waals surface area (Å²) < 4.78 is 2.08. The fourth-order valence-corrected chi connectivity index (χ4v) is 2.76. The second kappa shape index (κ2) is 6.14. The van der Waals surface area contributed by atoms with Crippen molar-refractivity contribution in [3.8, 4) is 0 Å². The maximum Gasteiger partial charge on any atom is 0.146 e. The van der Waals surface area contributed by atoms with Gasteiger partial charge < -0.3 is 9.88 Å². The van der Waals surface area contributed by atoms with Crippen molar-refractivity contribution in [3.63, 3.8) is 0 Å². The zero-order chi connectivity index (χ0) is 13.0. The Kier molecular flexibility index (Phi) is 4.53. The van der Waals surface area contributed by atoms with Crippen molar-refractivity contribution in [2.24, 2.45) is 11.8 Å². The second-order valence-corrected chi connectivity index (χ2v) is 5.27. The molecule has 0 spiro atoms. The average Bonchev–Trinajstić information content (AvgIpc) is 2.80. The summed E-state index contributed by atoms with van der Waals surface area (Å²) in [5.74, 6) is 2.49. The number of nitrogens with zero attached hydrogens (tertiary/aromatic N) is 3. The van der Waals surface area contributed by atoms with Crippen molar-refractivity contribution >= 4 is 0 Å².